The number of rotatable bonds is 2. The maximum Gasteiger partial charge on any atom is 0.323 e. The number of ether oxygens (including phenoxy) is 3. The van der Waals surface area contributed by atoms with Gasteiger partial charge in [-0.15, -0.1) is 0 Å². The van der Waals surface area contributed by atoms with Crippen molar-refractivity contribution in [1.29, 1.82) is 0 Å². The largest absolute Gasteiger partial charge is 0.468 e. The van der Waals surface area contributed by atoms with Gasteiger partial charge in [-0.05, 0) is 29.3 Å². The average Bonchev–Trinajstić information content (AvgIpc) is 3.29. The first-order valence-corrected chi connectivity index (χ1v) is 8.97. The molecule has 0 bridgehead atoms. The lowest BCUT2D eigenvalue weighted by atomic mass is 9.90. The third-order valence-corrected chi connectivity index (χ3v) is 5.53. The first kappa shape index (κ1) is 16.2. The fraction of sp³-hybridized carbons (Fsp3) is 0.286. The van der Waals surface area contributed by atoms with Gasteiger partial charge in [0.15, 0.2) is 11.5 Å². The molecule has 0 fully saturated rings. The number of methoxy groups -OCH3 is 1. The van der Waals surface area contributed by atoms with E-state index in [0.717, 1.165) is 28.3 Å². The minimum absolute atomic E-state index is 0.148. The summed E-state index contributed by atoms with van der Waals surface area (Å²) in [6.07, 6.45) is 0.602. The van der Waals surface area contributed by atoms with E-state index >= 15 is 0 Å². The van der Waals surface area contributed by atoms with Crippen molar-refractivity contribution in [2.24, 2.45) is 7.05 Å². The molecule has 0 saturated carbocycles. The highest BCUT2D eigenvalue weighted by Crippen LogP contribution is 2.40. The summed E-state index contributed by atoms with van der Waals surface area (Å²) in [4.78, 5) is 12.3. The molecule has 0 radical (unpaired) electrons. The summed E-state index contributed by atoms with van der Waals surface area (Å²) in [7, 11) is 3.50. The third kappa shape index (κ3) is 2.40. The van der Waals surface area contributed by atoms with Gasteiger partial charge in [-0.1, -0.05) is 24.3 Å². The molecule has 2 aliphatic rings. The Morgan fingerprint density at radius 2 is 2.00 bits per heavy atom. The number of nitrogens with one attached hydrogen (secondary N) is 1. The highest BCUT2D eigenvalue weighted by atomic mass is 16.7. The second-order valence-electron chi connectivity index (χ2n) is 6.93. The van der Waals surface area contributed by atoms with Crippen LogP contribution in [0, 0.1) is 0 Å². The number of para-hydroxylation sites is 1. The minimum atomic E-state index is -0.399. The van der Waals surface area contributed by atoms with E-state index in [9.17, 15) is 4.79 Å². The van der Waals surface area contributed by atoms with E-state index in [1.807, 2.05) is 30.3 Å². The zero-order valence-corrected chi connectivity index (χ0v) is 15.2. The Hall–Kier alpha value is -2.99. The Morgan fingerprint density at radius 3 is 2.85 bits per heavy atom. The van der Waals surface area contributed by atoms with E-state index in [-0.39, 0.29) is 18.8 Å². The van der Waals surface area contributed by atoms with Gasteiger partial charge in [0, 0.05) is 30.1 Å². The summed E-state index contributed by atoms with van der Waals surface area (Å²) >= 11 is 0. The molecule has 0 saturated heterocycles. The van der Waals surface area contributed by atoms with Crippen molar-refractivity contribution in [1.82, 2.24) is 9.88 Å². The van der Waals surface area contributed by atoms with Crippen molar-refractivity contribution in [3.8, 4) is 11.5 Å². The summed E-state index contributed by atoms with van der Waals surface area (Å²) in [5.41, 5.74) is 4.53. The van der Waals surface area contributed by atoms with Crippen LogP contribution < -0.4 is 14.8 Å². The summed E-state index contributed by atoms with van der Waals surface area (Å²) < 4.78 is 18.2. The Kier molecular flexibility index (Phi) is 3.62. The van der Waals surface area contributed by atoms with Crippen LogP contribution in [0.5, 0.6) is 11.5 Å². The summed E-state index contributed by atoms with van der Waals surface area (Å²) in [5, 5.41) is 4.65. The molecule has 27 heavy (non-hydrogen) atoms. The number of nitrogens with zero attached hydrogens (tertiary/aromatic N) is 1. The van der Waals surface area contributed by atoms with Crippen LogP contribution in [0.3, 0.4) is 0 Å². The predicted octanol–water partition coefficient (Wildman–Crippen LogP) is 2.68. The number of esters is 1. The van der Waals surface area contributed by atoms with E-state index in [1.165, 1.54) is 18.1 Å². The molecule has 1 N–H and O–H groups in total. The number of aromatic nitrogens is 1. The highest BCUT2D eigenvalue weighted by Gasteiger charge is 2.36. The van der Waals surface area contributed by atoms with Crippen LogP contribution in [-0.4, -0.2) is 30.5 Å². The van der Waals surface area contributed by atoms with Crippen molar-refractivity contribution < 1.29 is 19.0 Å². The highest BCUT2D eigenvalue weighted by molar-refractivity contribution is 5.88. The molecule has 0 spiro atoms. The maximum absolute atomic E-state index is 12.3. The minimum Gasteiger partial charge on any atom is -0.468 e. The van der Waals surface area contributed by atoms with Gasteiger partial charge >= 0.3 is 5.97 Å². The molecule has 3 aromatic rings. The standard InChI is InChI=1S/C21H20N2O4/c1-23-16-6-4-3-5-13(16)14-10-15(21(24)25-2)22-19(20(14)23)12-7-8-17-18(9-12)27-11-26-17/h3-9,15,19,22H,10-11H2,1-2H3/t15?,19-/m1/s1. The third-order valence-electron chi connectivity index (χ3n) is 5.53. The van der Waals surface area contributed by atoms with Crippen LogP contribution in [0.15, 0.2) is 42.5 Å². The topological polar surface area (TPSA) is 61.7 Å². The molecule has 3 heterocycles. The molecule has 2 atom stereocenters. The Bertz CT molecular complexity index is 1060. The van der Waals surface area contributed by atoms with Crippen LogP contribution in [0.2, 0.25) is 0 Å². The molecule has 6 nitrogen and oxygen atoms in total. The number of carbonyl (C=O) groups excluding carboxylic acids is 1. The van der Waals surface area contributed by atoms with Crippen molar-refractivity contribution >= 4 is 16.9 Å². The molecular weight excluding hydrogens is 344 g/mol. The van der Waals surface area contributed by atoms with Gasteiger partial charge < -0.3 is 18.8 Å². The molecule has 1 aromatic heterocycles. The quantitative estimate of drug-likeness (QED) is 0.709. The van der Waals surface area contributed by atoms with Gasteiger partial charge in [-0.3, -0.25) is 10.1 Å². The van der Waals surface area contributed by atoms with E-state index < -0.39 is 6.04 Å². The van der Waals surface area contributed by atoms with Crippen molar-refractivity contribution in [3.05, 3.63) is 59.3 Å². The van der Waals surface area contributed by atoms with Crippen molar-refractivity contribution in [2.45, 2.75) is 18.5 Å². The zero-order chi connectivity index (χ0) is 18.5. The predicted molar refractivity (Wildman–Crippen MR) is 100.0 cm³/mol. The molecule has 0 aliphatic carbocycles. The van der Waals surface area contributed by atoms with E-state index in [0.29, 0.717) is 6.42 Å². The number of aryl methyl sites for hydroxylation is 1. The van der Waals surface area contributed by atoms with Gasteiger partial charge in [-0.25, -0.2) is 0 Å². The molecule has 1 unspecified atom stereocenters. The SMILES string of the molecule is COC(=O)C1Cc2c(n(C)c3ccccc23)[C@@H](c2ccc3c(c2)OCO3)N1. The summed E-state index contributed by atoms with van der Waals surface area (Å²) in [6, 6.07) is 13.7. The average molecular weight is 364 g/mol. The summed E-state index contributed by atoms with van der Waals surface area (Å²) in [6.45, 7) is 0.237. The van der Waals surface area contributed by atoms with Crippen LogP contribution in [0.4, 0.5) is 0 Å². The van der Waals surface area contributed by atoms with Gasteiger partial charge in [0.2, 0.25) is 6.79 Å². The Labute approximate surface area is 156 Å². The molecule has 2 aliphatic heterocycles. The lowest BCUT2D eigenvalue weighted by molar-refractivity contribution is -0.143. The smallest absolute Gasteiger partial charge is 0.323 e. The number of hydrogen-bond acceptors (Lipinski definition) is 5. The Balaban J connectivity index is 1.70. The number of fused-ring (bicyclic) bond motifs is 4. The van der Waals surface area contributed by atoms with Crippen LogP contribution in [0.25, 0.3) is 10.9 Å². The Morgan fingerprint density at radius 1 is 1.19 bits per heavy atom. The molecule has 5 rings (SSSR count). The van der Waals surface area contributed by atoms with Crippen LogP contribution in [-0.2, 0) is 23.0 Å². The van der Waals surface area contributed by atoms with Gasteiger partial charge in [-0.2, -0.15) is 0 Å². The lowest BCUT2D eigenvalue weighted by Gasteiger charge is -2.31. The first-order chi connectivity index (χ1) is 13.2. The molecule has 138 valence electrons. The van der Waals surface area contributed by atoms with E-state index in [2.05, 4.69) is 29.1 Å². The monoisotopic (exact) mass is 364 g/mol. The van der Waals surface area contributed by atoms with Crippen molar-refractivity contribution in [3.63, 3.8) is 0 Å². The fourth-order valence-electron chi connectivity index (χ4n) is 4.26. The molecule has 6 heteroatoms. The molecule has 0 amide bonds. The normalized spacial score (nSPS) is 20.5. The van der Waals surface area contributed by atoms with Gasteiger partial charge in [0.25, 0.3) is 0 Å². The second-order valence-corrected chi connectivity index (χ2v) is 6.93. The van der Waals surface area contributed by atoms with Crippen LogP contribution >= 0.6 is 0 Å². The molecule has 2 aromatic carbocycles. The number of benzene rings is 2. The van der Waals surface area contributed by atoms with Gasteiger partial charge in [0.1, 0.15) is 6.04 Å². The molecular formula is C21H20N2O4. The van der Waals surface area contributed by atoms with Crippen molar-refractivity contribution in [2.75, 3.05) is 13.9 Å². The number of carbonyl (C=O) groups is 1. The first-order valence-electron chi connectivity index (χ1n) is 8.97. The summed E-state index contributed by atoms with van der Waals surface area (Å²) in [5.74, 6) is 1.23. The van der Waals surface area contributed by atoms with Crippen LogP contribution in [0.1, 0.15) is 22.9 Å². The fourth-order valence-corrected chi connectivity index (χ4v) is 4.26. The second kappa shape index (κ2) is 6.03. The lowest BCUT2D eigenvalue weighted by Crippen LogP contribution is -2.46. The maximum atomic E-state index is 12.3. The van der Waals surface area contributed by atoms with E-state index in [4.69, 9.17) is 14.2 Å². The van der Waals surface area contributed by atoms with E-state index in [1.54, 1.807) is 0 Å². The van der Waals surface area contributed by atoms with Gasteiger partial charge in [0.05, 0.1) is 13.2 Å². The number of hydrogen-bond donors (Lipinski definition) is 1. The zero-order valence-electron chi connectivity index (χ0n) is 15.2.